The Kier molecular flexibility index (Phi) is 5.37. The summed E-state index contributed by atoms with van der Waals surface area (Å²) in [6, 6.07) is 9.79. The topological polar surface area (TPSA) is 68.5 Å². The van der Waals surface area contributed by atoms with Crippen LogP contribution in [0.5, 0.6) is 5.75 Å². The second kappa shape index (κ2) is 7.70. The first-order chi connectivity index (χ1) is 12.4. The van der Waals surface area contributed by atoms with Crippen LogP contribution in [0.15, 0.2) is 40.2 Å². The number of benzene rings is 1. The third-order valence-electron chi connectivity index (χ3n) is 3.95. The summed E-state index contributed by atoms with van der Waals surface area (Å²) in [6.45, 7) is 5.93. The predicted molar refractivity (Wildman–Crippen MR) is 100 cm³/mol. The molecule has 0 aliphatic heterocycles. The van der Waals surface area contributed by atoms with Gasteiger partial charge in [0.25, 0.3) is 5.91 Å². The van der Waals surface area contributed by atoms with Gasteiger partial charge in [0.2, 0.25) is 11.7 Å². The fourth-order valence-electron chi connectivity index (χ4n) is 2.49. The van der Waals surface area contributed by atoms with E-state index in [0.717, 1.165) is 21.8 Å². The minimum Gasteiger partial charge on any atom is -0.481 e. The molecule has 136 valence electrons. The zero-order valence-electron chi connectivity index (χ0n) is 15.2. The highest BCUT2D eigenvalue weighted by atomic mass is 32.1. The van der Waals surface area contributed by atoms with Gasteiger partial charge in [-0.2, -0.15) is 4.98 Å². The molecule has 1 amide bonds. The van der Waals surface area contributed by atoms with E-state index in [1.165, 1.54) is 16.2 Å². The van der Waals surface area contributed by atoms with Crippen LogP contribution in [-0.2, 0) is 11.3 Å². The largest absolute Gasteiger partial charge is 0.481 e. The molecule has 7 heteroatoms. The zero-order valence-corrected chi connectivity index (χ0v) is 16.0. The molecular formula is C19H21N3O3S. The first-order valence-corrected chi connectivity index (χ1v) is 9.17. The van der Waals surface area contributed by atoms with Crippen molar-refractivity contribution in [1.82, 2.24) is 15.0 Å². The van der Waals surface area contributed by atoms with Gasteiger partial charge < -0.3 is 14.2 Å². The Labute approximate surface area is 156 Å². The van der Waals surface area contributed by atoms with E-state index in [1.54, 1.807) is 14.0 Å². The lowest BCUT2D eigenvalue weighted by Gasteiger charge is -2.21. The first kappa shape index (κ1) is 18.1. The minimum absolute atomic E-state index is 0.151. The molecule has 0 saturated carbocycles. The van der Waals surface area contributed by atoms with Crippen LogP contribution >= 0.6 is 11.3 Å². The average Bonchev–Trinajstić information content (AvgIpc) is 3.28. The molecule has 0 radical (unpaired) electrons. The molecule has 2 heterocycles. The Morgan fingerprint density at radius 2 is 2.15 bits per heavy atom. The number of hydrogen-bond donors (Lipinski definition) is 0. The van der Waals surface area contributed by atoms with Crippen molar-refractivity contribution >= 4 is 17.2 Å². The number of aromatic nitrogens is 2. The Morgan fingerprint density at radius 3 is 2.88 bits per heavy atom. The maximum Gasteiger partial charge on any atom is 0.263 e. The van der Waals surface area contributed by atoms with E-state index < -0.39 is 6.10 Å². The number of thiophene rings is 1. The third kappa shape index (κ3) is 4.11. The molecule has 0 bridgehead atoms. The summed E-state index contributed by atoms with van der Waals surface area (Å²) < 4.78 is 11.1. The van der Waals surface area contributed by atoms with Crippen molar-refractivity contribution in [3.05, 3.63) is 52.7 Å². The second-order valence-corrected chi connectivity index (χ2v) is 7.16. The Balaban J connectivity index is 1.63. The number of hydrogen-bond acceptors (Lipinski definition) is 6. The molecule has 0 spiro atoms. The fraction of sp³-hybridized carbons (Fsp3) is 0.316. The Bertz CT molecular complexity index is 889. The smallest absolute Gasteiger partial charge is 0.263 e. The van der Waals surface area contributed by atoms with Gasteiger partial charge in [-0.05, 0) is 49.4 Å². The van der Waals surface area contributed by atoms with Crippen molar-refractivity contribution in [1.29, 1.82) is 0 Å². The molecule has 3 rings (SSSR count). The summed E-state index contributed by atoms with van der Waals surface area (Å²) in [7, 11) is 1.69. The molecule has 0 saturated heterocycles. The van der Waals surface area contributed by atoms with Gasteiger partial charge in [0, 0.05) is 7.05 Å². The lowest BCUT2D eigenvalue weighted by molar-refractivity contribution is -0.137. The van der Waals surface area contributed by atoms with Gasteiger partial charge in [-0.15, -0.1) is 11.3 Å². The highest BCUT2D eigenvalue weighted by molar-refractivity contribution is 7.13. The number of carbonyl (C=O) groups is 1. The molecule has 0 unspecified atom stereocenters. The quantitative estimate of drug-likeness (QED) is 0.658. The number of aryl methyl sites for hydroxylation is 2. The van der Waals surface area contributed by atoms with Crippen molar-refractivity contribution in [2.24, 2.45) is 0 Å². The molecule has 1 aromatic carbocycles. The van der Waals surface area contributed by atoms with Crippen LogP contribution < -0.4 is 4.74 Å². The van der Waals surface area contributed by atoms with E-state index in [9.17, 15) is 4.79 Å². The van der Waals surface area contributed by atoms with Crippen LogP contribution in [0.25, 0.3) is 10.7 Å². The molecule has 3 aromatic rings. The summed E-state index contributed by atoms with van der Waals surface area (Å²) in [6.07, 6.45) is -0.611. The van der Waals surface area contributed by atoms with Crippen molar-refractivity contribution in [2.45, 2.75) is 33.4 Å². The van der Waals surface area contributed by atoms with Gasteiger partial charge in [-0.3, -0.25) is 4.79 Å². The van der Waals surface area contributed by atoms with Crippen LogP contribution in [0.4, 0.5) is 0 Å². The molecule has 2 aromatic heterocycles. The van der Waals surface area contributed by atoms with E-state index >= 15 is 0 Å². The van der Waals surface area contributed by atoms with Crippen LogP contribution in [0, 0.1) is 13.8 Å². The van der Waals surface area contributed by atoms with Gasteiger partial charge in [-0.25, -0.2) is 0 Å². The summed E-state index contributed by atoms with van der Waals surface area (Å²) in [5.41, 5.74) is 2.08. The van der Waals surface area contributed by atoms with E-state index in [2.05, 4.69) is 10.1 Å². The lowest BCUT2D eigenvalue weighted by Crippen LogP contribution is -2.37. The summed E-state index contributed by atoms with van der Waals surface area (Å²) in [4.78, 5) is 19.4. The molecule has 6 nitrogen and oxygen atoms in total. The summed E-state index contributed by atoms with van der Waals surface area (Å²) in [5, 5.41) is 5.91. The Morgan fingerprint density at radius 1 is 1.35 bits per heavy atom. The molecule has 0 N–H and O–H groups in total. The fourth-order valence-corrected chi connectivity index (χ4v) is 3.14. The van der Waals surface area contributed by atoms with E-state index in [1.807, 2.05) is 49.6 Å². The number of likely N-dealkylation sites (N-methyl/N-ethyl adjacent to an activating group) is 1. The monoisotopic (exact) mass is 371 g/mol. The van der Waals surface area contributed by atoms with Crippen molar-refractivity contribution < 1.29 is 14.1 Å². The summed E-state index contributed by atoms with van der Waals surface area (Å²) >= 11 is 1.54. The van der Waals surface area contributed by atoms with E-state index in [-0.39, 0.29) is 12.5 Å². The van der Waals surface area contributed by atoms with Crippen LogP contribution in [-0.4, -0.2) is 34.1 Å². The molecule has 0 aliphatic carbocycles. The van der Waals surface area contributed by atoms with Crippen LogP contribution in [0.3, 0.4) is 0 Å². The maximum absolute atomic E-state index is 12.6. The van der Waals surface area contributed by atoms with Gasteiger partial charge in [-0.1, -0.05) is 23.4 Å². The summed E-state index contributed by atoms with van der Waals surface area (Å²) in [5.74, 6) is 1.50. The van der Waals surface area contributed by atoms with Gasteiger partial charge in [0.1, 0.15) is 5.75 Å². The molecule has 0 aliphatic rings. The average molecular weight is 371 g/mol. The number of nitrogens with zero attached hydrogens (tertiary/aromatic N) is 3. The first-order valence-electron chi connectivity index (χ1n) is 8.29. The highest BCUT2D eigenvalue weighted by Crippen LogP contribution is 2.22. The SMILES string of the molecule is Cc1ccc(C)c(O[C@H](C)C(=O)N(C)Cc2nc(-c3cccs3)no2)c1. The van der Waals surface area contributed by atoms with Crippen molar-refractivity contribution in [3.8, 4) is 16.5 Å². The number of carbonyl (C=O) groups excluding carboxylic acids is 1. The Hall–Kier alpha value is -2.67. The lowest BCUT2D eigenvalue weighted by atomic mass is 10.1. The van der Waals surface area contributed by atoms with Crippen LogP contribution in [0.1, 0.15) is 23.9 Å². The predicted octanol–water partition coefficient (Wildman–Crippen LogP) is 3.84. The molecule has 0 fully saturated rings. The van der Waals surface area contributed by atoms with Gasteiger partial charge in [0.05, 0.1) is 11.4 Å². The maximum atomic E-state index is 12.6. The number of ether oxygens (including phenoxy) is 1. The van der Waals surface area contributed by atoms with Crippen molar-refractivity contribution in [2.75, 3.05) is 7.05 Å². The standard InChI is InChI=1S/C19H21N3O3S/c1-12-7-8-13(2)15(10-12)24-14(3)19(23)22(4)11-17-20-18(21-25-17)16-6-5-9-26-16/h5-10,14H,11H2,1-4H3/t14-/m1/s1. The van der Waals surface area contributed by atoms with E-state index in [0.29, 0.717) is 11.7 Å². The van der Waals surface area contributed by atoms with Gasteiger partial charge >= 0.3 is 0 Å². The molecule has 1 atom stereocenters. The van der Waals surface area contributed by atoms with Crippen LogP contribution in [0.2, 0.25) is 0 Å². The van der Waals surface area contributed by atoms with Crippen molar-refractivity contribution in [3.63, 3.8) is 0 Å². The minimum atomic E-state index is -0.611. The van der Waals surface area contributed by atoms with Gasteiger partial charge in [0.15, 0.2) is 6.10 Å². The molecular weight excluding hydrogens is 350 g/mol. The normalized spacial score (nSPS) is 12.0. The molecule has 26 heavy (non-hydrogen) atoms. The highest BCUT2D eigenvalue weighted by Gasteiger charge is 2.22. The van der Waals surface area contributed by atoms with E-state index in [4.69, 9.17) is 9.26 Å². The zero-order chi connectivity index (χ0) is 18.7. The third-order valence-corrected chi connectivity index (χ3v) is 4.82. The second-order valence-electron chi connectivity index (χ2n) is 6.21. The number of amides is 1. The number of rotatable bonds is 6.